The van der Waals surface area contributed by atoms with Crippen molar-refractivity contribution in [2.75, 3.05) is 36.5 Å². The molecule has 0 unspecified atom stereocenters. The number of pyridine rings is 1. The number of fused-ring (bicyclic) bond motifs is 1. The molecule has 2 amide bonds. The van der Waals surface area contributed by atoms with Gasteiger partial charge in [-0.2, -0.15) is 13.2 Å². The second-order valence-corrected chi connectivity index (χ2v) is 7.57. The lowest BCUT2D eigenvalue weighted by Gasteiger charge is -2.28. The van der Waals surface area contributed by atoms with E-state index in [0.29, 0.717) is 50.1 Å². The molecule has 0 fully saturated rings. The van der Waals surface area contributed by atoms with Gasteiger partial charge in [-0.25, -0.2) is 9.78 Å². The topological polar surface area (TPSA) is 79.4 Å². The Kier molecular flexibility index (Phi) is 6.91. The molecule has 2 N–H and O–H groups in total. The van der Waals surface area contributed by atoms with Crippen LogP contribution >= 0.6 is 11.3 Å². The number of anilines is 2. The highest BCUT2D eigenvalue weighted by Gasteiger charge is 2.32. The number of thiazole rings is 1. The SMILES string of the molecule is CCCOCCNC(=O)Nc1nc2c(s1)CN(c1cncc(C(F)(F)F)c1)CC2. The fraction of sp³-hybridized carbons (Fsp3) is 0.500. The Bertz CT molecular complexity index is 843. The van der Waals surface area contributed by atoms with E-state index in [1.807, 2.05) is 11.8 Å². The van der Waals surface area contributed by atoms with Crippen LogP contribution in [0.25, 0.3) is 0 Å². The average molecular weight is 429 g/mol. The molecule has 0 bridgehead atoms. The van der Waals surface area contributed by atoms with Crippen LogP contribution in [0.15, 0.2) is 18.5 Å². The molecule has 2 aromatic rings. The molecule has 0 aromatic carbocycles. The normalized spacial score (nSPS) is 13.9. The molecule has 1 aliphatic heterocycles. The standard InChI is InChI=1S/C18H22F3N5O2S/c1-2-6-28-7-4-23-16(27)25-17-24-14-3-5-26(11-15(14)29-17)13-8-12(9-22-10-13)18(19,20)21/h8-10H,2-7,11H2,1H3,(H2,23,24,25,27). The summed E-state index contributed by atoms with van der Waals surface area (Å²) < 4.78 is 44.1. The number of alkyl halides is 3. The van der Waals surface area contributed by atoms with E-state index < -0.39 is 11.7 Å². The molecule has 0 aliphatic carbocycles. The van der Waals surface area contributed by atoms with E-state index in [-0.39, 0.29) is 6.03 Å². The molecule has 7 nitrogen and oxygen atoms in total. The summed E-state index contributed by atoms with van der Waals surface area (Å²) in [6.07, 6.45) is -0.685. The first-order valence-electron chi connectivity index (χ1n) is 9.25. The quantitative estimate of drug-likeness (QED) is 0.657. The van der Waals surface area contributed by atoms with Gasteiger partial charge in [0.05, 0.1) is 36.3 Å². The molecule has 2 aromatic heterocycles. The van der Waals surface area contributed by atoms with Crippen molar-refractivity contribution in [3.05, 3.63) is 34.6 Å². The van der Waals surface area contributed by atoms with Gasteiger partial charge in [-0.05, 0) is 12.5 Å². The van der Waals surface area contributed by atoms with E-state index in [0.717, 1.165) is 29.3 Å². The molecule has 11 heteroatoms. The summed E-state index contributed by atoms with van der Waals surface area (Å²) in [6, 6.07) is 0.738. The number of carbonyl (C=O) groups excluding carboxylic acids is 1. The van der Waals surface area contributed by atoms with Gasteiger partial charge >= 0.3 is 12.2 Å². The Morgan fingerprint density at radius 2 is 2.17 bits per heavy atom. The lowest BCUT2D eigenvalue weighted by molar-refractivity contribution is -0.137. The number of aromatic nitrogens is 2. The zero-order chi connectivity index (χ0) is 20.9. The van der Waals surface area contributed by atoms with Crippen molar-refractivity contribution in [3.8, 4) is 0 Å². The van der Waals surface area contributed by atoms with E-state index in [2.05, 4.69) is 20.6 Å². The van der Waals surface area contributed by atoms with Crippen LogP contribution in [0.1, 0.15) is 29.5 Å². The van der Waals surface area contributed by atoms with Crippen molar-refractivity contribution in [2.24, 2.45) is 0 Å². The summed E-state index contributed by atoms with van der Waals surface area (Å²) in [5.74, 6) is 0. The molecule has 3 rings (SSSR count). The molecule has 0 saturated heterocycles. The van der Waals surface area contributed by atoms with Gasteiger partial charge in [-0.3, -0.25) is 10.3 Å². The molecule has 0 spiro atoms. The largest absolute Gasteiger partial charge is 0.417 e. The third kappa shape index (κ3) is 5.80. The highest BCUT2D eigenvalue weighted by atomic mass is 32.1. The first-order valence-corrected chi connectivity index (χ1v) is 10.1. The summed E-state index contributed by atoms with van der Waals surface area (Å²) in [7, 11) is 0. The number of rotatable bonds is 7. The third-order valence-corrected chi connectivity index (χ3v) is 5.25. The molecule has 0 saturated carbocycles. The number of ether oxygens (including phenoxy) is 1. The minimum absolute atomic E-state index is 0.366. The lowest BCUT2D eigenvalue weighted by atomic mass is 10.1. The van der Waals surface area contributed by atoms with Crippen LogP contribution in [0.2, 0.25) is 0 Å². The van der Waals surface area contributed by atoms with Gasteiger partial charge in [0.2, 0.25) is 0 Å². The second-order valence-electron chi connectivity index (χ2n) is 6.48. The molecular formula is C18H22F3N5O2S. The number of urea groups is 1. The molecule has 29 heavy (non-hydrogen) atoms. The maximum atomic E-state index is 12.9. The van der Waals surface area contributed by atoms with Crippen LogP contribution in [0, 0.1) is 0 Å². The minimum Gasteiger partial charge on any atom is -0.380 e. The molecular weight excluding hydrogens is 407 g/mol. The van der Waals surface area contributed by atoms with Crippen LogP contribution in [-0.4, -0.2) is 42.3 Å². The number of halogens is 3. The van der Waals surface area contributed by atoms with Crippen molar-refractivity contribution >= 4 is 28.2 Å². The van der Waals surface area contributed by atoms with Gasteiger partial charge in [0.1, 0.15) is 0 Å². The van der Waals surface area contributed by atoms with Gasteiger partial charge in [0.25, 0.3) is 0 Å². The molecule has 0 radical (unpaired) electrons. The van der Waals surface area contributed by atoms with Crippen LogP contribution in [0.3, 0.4) is 0 Å². The highest BCUT2D eigenvalue weighted by Crippen LogP contribution is 2.34. The monoisotopic (exact) mass is 429 g/mol. The lowest BCUT2D eigenvalue weighted by Crippen LogP contribution is -2.31. The molecule has 158 valence electrons. The van der Waals surface area contributed by atoms with Crippen LogP contribution < -0.4 is 15.5 Å². The van der Waals surface area contributed by atoms with Gasteiger partial charge < -0.3 is 15.0 Å². The predicted octanol–water partition coefficient (Wildman–Crippen LogP) is 3.67. The van der Waals surface area contributed by atoms with Crippen molar-refractivity contribution < 1.29 is 22.7 Å². The number of nitrogens with zero attached hydrogens (tertiary/aromatic N) is 3. The summed E-state index contributed by atoms with van der Waals surface area (Å²) in [4.78, 5) is 22.8. The Morgan fingerprint density at radius 3 is 2.93 bits per heavy atom. The van der Waals surface area contributed by atoms with E-state index in [1.165, 1.54) is 17.5 Å². The Labute approximate surface area is 170 Å². The Morgan fingerprint density at radius 1 is 1.34 bits per heavy atom. The number of hydrogen-bond acceptors (Lipinski definition) is 6. The van der Waals surface area contributed by atoms with Crippen molar-refractivity contribution in [3.63, 3.8) is 0 Å². The van der Waals surface area contributed by atoms with E-state index in [9.17, 15) is 18.0 Å². The second kappa shape index (κ2) is 9.40. The van der Waals surface area contributed by atoms with Crippen molar-refractivity contribution in [1.82, 2.24) is 15.3 Å². The summed E-state index contributed by atoms with van der Waals surface area (Å²) in [6.45, 7) is 4.45. The van der Waals surface area contributed by atoms with E-state index in [1.54, 1.807) is 0 Å². The number of hydrogen-bond donors (Lipinski definition) is 2. The summed E-state index contributed by atoms with van der Waals surface area (Å²) in [5, 5.41) is 5.85. The number of amides is 2. The van der Waals surface area contributed by atoms with Gasteiger partial charge in [-0.1, -0.05) is 18.3 Å². The number of nitrogens with one attached hydrogen (secondary N) is 2. The van der Waals surface area contributed by atoms with Gasteiger partial charge in [0, 0.05) is 37.2 Å². The van der Waals surface area contributed by atoms with Crippen molar-refractivity contribution in [1.29, 1.82) is 0 Å². The van der Waals surface area contributed by atoms with Gasteiger partial charge in [0.15, 0.2) is 5.13 Å². The first kappa shape index (κ1) is 21.3. The number of carbonyl (C=O) groups is 1. The smallest absolute Gasteiger partial charge is 0.380 e. The Balaban J connectivity index is 1.58. The maximum Gasteiger partial charge on any atom is 0.417 e. The van der Waals surface area contributed by atoms with Crippen LogP contribution in [-0.2, 0) is 23.9 Å². The Hall–Kier alpha value is -2.40. The van der Waals surface area contributed by atoms with Gasteiger partial charge in [-0.15, -0.1) is 0 Å². The fourth-order valence-electron chi connectivity index (χ4n) is 2.85. The van der Waals surface area contributed by atoms with E-state index >= 15 is 0 Å². The van der Waals surface area contributed by atoms with Crippen LogP contribution in [0.5, 0.6) is 0 Å². The zero-order valence-corrected chi connectivity index (χ0v) is 16.7. The molecule has 0 atom stereocenters. The minimum atomic E-state index is -4.43. The maximum absolute atomic E-state index is 12.9. The summed E-state index contributed by atoms with van der Waals surface area (Å²) >= 11 is 1.32. The predicted molar refractivity (Wildman–Crippen MR) is 104 cm³/mol. The third-order valence-electron chi connectivity index (χ3n) is 4.25. The highest BCUT2D eigenvalue weighted by molar-refractivity contribution is 7.15. The first-order chi connectivity index (χ1) is 13.9. The van der Waals surface area contributed by atoms with E-state index in [4.69, 9.17) is 4.74 Å². The zero-order valence-electron chi connectivity index (χ0n) is 15.9. The van der Waals surface area contributed by atoms with Crippen molar-refractivity contribution in [2.45, 2.75) is 32.5 Å². The van der Waals surface area contributed by atoms with Crippen LogP contribution in [0.4, 0.5) is 28.8 Å². The fourth-order valence-corrected chi connectivity index (χ4v) is 3.87. The average Bonchev–Trinajstić information content (AvgIpc) is 3.08. The molecule has 3 heterocycles. The molecule has 1 aliphatic rings. The summed E-state index contributed by atoms with van der Waals surface area (Å²) in [5.41, 5.74) is 0.498.